The summed E-state index contributed by atoms with van der Waals surface area (Å²) >= 11 is 1.42. The van der Waals surface area contributed by atoms with Gasteiger partial charge in [0.1, 0.15) is 5.01 Å². The van der Waals surface area contributed by atoms with Crippen LogP contribution in [0, 0.1) is 0 Å². The number of ether oxygens (including phenoxy) is 1. The van der Waals surface area contributed by atoms with Crippen LogP contribution in [0.25, 0.3) is 65.8 Å². The quantitative estimate of drug-likeness (QED) is 0.183. The lowest BCUT2D eigenvalue weighted by Gasteiger charge is -2.33. The van der Waals surface area contributed by atoms with E-state index >= 15 is 0 Å². The van der Waals surface area contributed by atoms with Gasteiger partial charge in [-0.2, -0.15) is 4.37 Å². The topological polar surface area (TPSA) is 38.2 Å². The fourth-order valence-electron chi connectivity index (χ4n) is 7.18. The maximum Gasteiger partial charge on any atom is 0.173 e. The van der Waals surface area contributed by atoms with Gasteiger partial charge >= 0.3 is 0 Å². The second-order valence-corrected chi connectivity index (χ2v) is 13.4. The molecule has 0 bridgehead atoms. The molecule has 10 rings (SSSR count). The Kier molecular flexibility index (Phi) is 6.96. The second kappa shape index (κ2) is 12.1. The van der Waals surface area contributed by atoms with Crippen LogP contribution in [-0.2, 0) is 0 Å². The number of hydrogen-bond donors (Lipinski definition) is 0. The van der Waals surface area contributed by atoms with E-state index in [1.165, 1.54) is 44.2 Å². The highest BCUT2D eigenvalue weighted by molar-refractivity contribution is 7.09. The molecule has 4 nitrogen and oxygen atoms in total. The van der Waals surface area contributed by atoms with Gasteiger partial charge in [0.2, 0.25) is 0 Å². The molecule has 8 aromatic carbocycles. The third-order valence-corrected chi connectivity index (χ3v) is 10.4. The van der Waals surface area contributed by atoms with Crippen molar-refractivity contribution in [1.29, 1.82) is 0 Å². The standard InChI is InChI=1S/C46H29N3OS/c1-2-12-32(13-3-1)45-47-46(51-48-45)33-20-24-36(25-21-33)49-41-26-22-34(39-18-8-14-30-10-4-6-16-37(30)39)28-43(41)50-44-29-35(23-27-42(44)49)40-19-9-15-31-11-5-7-17-38(31)40/h1-29H. The Balaban J connectivity index is 1.09. The maximum absolute atomic E-state index is 6.86. The minimum Gasteiger partial charge on any atom is -0.453 e. The summed E-state index contributed by atoms with van der Waals surface area (Å²) in [6.45, 7) is 0. The van der Waals surface area contributed by atoms with Crippen LogP contribution in [-0.4, -0.2) is 9.36 Å². The Hall–Kier alpha value is -6.56. The number of fused-ring (bicyclic) bond motifs is 4. The Morgan fingerprint density at radius 1 is 0.451 bits per heavy atom. The highest BCUT2D eigenvalue weighted by Crippen LogP contribution is 2.53. The molecule has 5 heteroatoms. The van der Waals surface area contributed by atoms with Crippen molar-refractivity contribution < 1.29 is 4.74 Å². The first kappa shape index (κ1) is 29.4. The van der Waals surface area contributed by atoms with Crippen molar-refractivity contribution in [3.05, 3.63) is 176 Å². The molecule has 1 aliphatic heterocycles. The molecule has 2 heterocycles. The monoisotopic (exact) mass is 671 g/mol. The van der Waals surface area contributed by atoms with Crippen molar-refractivity contribution in [2.45, 2.75) is 0 Å². The van der Waals surface area contributed by atoms with E-state index in [1.807, 2.05) is 30.3 Å². The average molecular weight is 672 g/mol. The van der Waals surface area contributed by atoms with E-state index in [0.717, 1.165) is 61.6 Å². The van der Waals surface area contributed by atoms with E-state index in [1.54, 1.807) is 0 Å². The van der Waals surface area contributed by atoms with Gasteiger partial charge in [-0.15, -0.1) is 0 Å². The third-order valence-electron chi connectivity index (χ3n) is 9.65. The number of nitrogens with zero attached hydrogens (tertiary/aromatic N) is 3. The van der Waals surface area contributed by atoms with Crippen LogP contribution in [0.2, 0.25) is 0 Å². The lowest BCUT2D eigenvalue weighted by molar-refractivity contribution is 0.477. The highest BCUT2D eigenvalue weighted by Gasteiger charge is 2.27. The molecule has 0 saturated heterocycles. The Morgan fingerprint density at radius 2 is 0.980 bits per heavy atom. The van der Waals surface area contributed by atoms with Gasteiger partial charge < -0.3 is 9.64 Å². The molecule has 51 heavy (non-hydrogen) atoms. The van der Waals surface area contributed by atoms with Crippen molar-refractivity contribution >= 4 is 50.1 Å². The van der Waals surface area contributed by atoms with E-state index in [2.05, 4.69) is 155 Å². The molecule has 0 N–H and O–H groups in total. The minimum absolute atomic E-state index is 0.750. The Morgan fingerprint density at radius 3 is 1.59 bits per heavy atom. The molecular formula is C46H29N3OS. The maximum atomic E-state index is 6.86. The van der Waals surface area contributed by atoms with Gasteiger partial charge in [-0.25, -0.2) is 4.98 Å². The Bertz CT molecular complexity index is 2600. The summed E-state index contributed by atoms with van der Waals surface area (Å²) in [5, 5.41) is 5.75. The van der Waals surface area contributed by atoms with Crippen LogP contribution in [0.1, 0.15) is 0 Å². The first-order chi connectivity index (χ1) is 25.3. The van der Waals surface area contributed by atoms with Crippen LogP contribution < -0.4 is 9.64 Å². The van der Waals surface area contributed by atoms with Crippen molar-refractivity contribution in [3.8, 4) is 55.7 Å². The summed E-state index contributed by atoms with van der Waals surface area (Å²) in [6, 6.07) is 61.8. The summed E-state index contributed by atoms with van der Waals surface area (Å²) in [7, 11) is 0. The predicted molar refractivity (Wildman–Crippen MR) is 211 cm³/mol. The molecule has 0 spiro atoms. The lowest BCUT2D eigenvalue weighted by atomic mass is 9.96. The van der Waals surface area contributed by atoms with Crippen LogP contribution in [0.3, 0.4) is 0 Å². The van der Waals surface area contributed by atoms with Gasteiger partial charge in [0.25, 0.3) is 0 Å². The molecular weight excluding hydrogens is 643 g/mol. The fraction of sp³-hybridized carbons (Fsp3) is 0. The number of aromatic nitrogens is 2. The van der Waals surface area contributed by atoms with Crippen LogP contribution in [0.15, 0.2) is 176 Å². The molecule has 240 valence electrons. The molecule has 0 amide bonds. The molecule has 1 aliphatic rings. The van der Waals surface area contributed by atoms with E-state index in [-0.39, 0.29) is 0 Å². The molecule has 0 atom stereocenters. The van der Waals surface area contributed by atoms with Gasteiger partial charge in [0, 0.05) is 16.8 Å². The van der Waals surface area contributed by atoms with E-state index in [9.17, 15) is 0 Å². The number of rotatable bonds is 5. The first-order valence-corrected chi connectivity index (χ1v) is 17.8. The SMILES string of the molecule is c1ccc(-c2nsc(-c3ccc(N4c5ccc(-c6cccc7ccccc67)cc5Oc5cc(-c6cccc7ccccc67)ccc54)cc3)n2)cc1. The highest BCUT2D eigenvalue weighted by atomic mass is 32.1. The van der Waals surface area contributed by atoms with Crippen molar-refractivity contribution in [2.24, 2.45) is 0 Å². The molecule has 0 unspecified atom stereocenters. The van der Waals surface area contributed by atoms with Crippen LogP contribution >= 0.6 is 11.5 Å². The smallest absolute Gasteiger partial charge is 0.173 e. The summed E-state index contributed by atoms with van der Waals surface area (Å²) < 4.78 is 11.5. The molecule has 0 saturated carbocycles. The molecule has 0 radical (unpaired) electrons. The largest absolute Gasteiger partial charge is 0.453 e. The number of benzene rings is 8. The van der Waals surface area contributed by atoms with Crippen LogP contribution in [0.4, 0.5) is 17.1 Å². The first-order valence-electron chi connectivity index (χ1n) is 17.0. The molecule has 0 fully saturated rings. The van der Waals surface area contributed by atoms with E-state index in [0.29, 0.717) is 0 Å². The van der Waals surface area contributed by atoms with Gasteiger partial charge in [0.15, 0.2) is 17.3 Å². The van der Waals surface area contributed by atoms with Crippen LogP contribution in [0.5, 0.6) is 11.5 Å². The zero-order chi connectivity index (χ0) is 33.7. The van der Waals surface area contributed by atoms with Gasteiger partial charge in [0.05, 0.1) is 11.4 Å². The van der Waals surface area contributed by atoms with Gasteiger partial charge in [-0.3, -0.25) is 0 Å². The minimum atomic E-state index is 0.750. The normalized spacial score (nSPS) is 12.0. The molecule has 9 aromatic rings. The summed E-state index contributed by atoms with van der Waals surface area (Å²) in [5.41, 5.74) is 9.64. The summed E-state index contributed by atoms with van der Waals surface area (Å²) in [6.07, 6.45) is 0. The number of anilines is 3. The molecule has 0 aliphatic carbocycles. The van der Waals surface area contributed by atoms with E-state index in [4.69, 9.17) is 9.72 Å². The zero-order valence-corrected chi connectivity index (χ0v) is 28.2. The zero-order valence-electron chi connectivity index (χ0n) is 27.4. The summed E-state index contributed by atoms with van der Waals surface area (Å²) in [5.74, 6) is 2.37. The fourth-order valence-corrected chi connectivity index (χ4v) is 7.86. The Labute approximate surface area is 299 Å². The molecule has 1 aromatic heterocycles. The van der Waals surface area contributed by atoms with Crippen molar-refractivity contribution in [2.75, 3.05) is 4.90 Å². The van der Waals surface area contributed by atoms with Crippen molar-refractivity contribution in [1.82, 2.24) is 9.36 Å². The average Bonchev–Trinajstić information content (AvgIpc) is 3.70. The third kappa shape index (κ3) is 5.14. The predicted octanol–water partition coefficient (Wildman–Crippen LogP) is 13.1. The van der Waals surface area contributed by atoms with Gasteiger partial charge in [-0.05, 0) is 104 Å². The number of hydrogen-bond acceptors (Lipinski definition) is 5. The van der Waals surface area contributed by atoms with Gasteiger partial charge in [-0.1, -0.05) is 127 Å². The lowest BCUT2D eigenvalue weighted by Crippen LogP contribution is -2.16. The van der Waals surface area contributed by atoms with E-state index < -0.39 is 0 Å². The second-order valence-electron chi connectivity index (χ2n) is 12.7. The summed E-state index contributed by atoms with van der Waals surface area (Å²) in [4.78, 5) is 7.16. The van der Waals surface area contributed by atoms with Crippen molar-refractivity contribution in [3.63, 3.8) is 0 Å².